The van der Waals surface area contributed by atoms with E-state index in [1.165, 1.54) is 13.1 Å². The maximum atomic E-state index is 13.2. The van der Waals surface area contributed by atoms with Crippen molar-refractivity contribution in [2.75, 3.05) is 18.9 Å². The lowest BCUT2D eigenvalue weighted by molar-refractivity contribution is -0.115. The first-order chi connectivity index (χ1) is 11.9. The predicted molar refractivity (Wildman–Crippen MR) is 91.2 cm³/mol. The predicted octanol–water partition coefficient (Wildman–Crippen LogP) is 2.61. The van der Waals surface area contributed by atoms with Crippen molar-refractivity contribution < 1.29 is 18.4 Å². The highest BCUT2D eigenvalue weighted by atomic mass is 19.2. The normalized spacial score (nSPS) is 11.7. The molecule has 2 aromatic rings. The van der Waals surface area contributed by atoms with Crippen molar-refractivity contribution in [3.05, 3.63) is 65.2 Å². The number of hydrogen-bond acceptors (Lipinski definition) is 3. The smallest absolute Gasteiger partial charge is 0.251 e. The third kappa shape index (κ3) is 5.09. The molecule has 5 nitrogen and oxygen atoms in total. The van der Waals surface area contributed by atoms with Crippen molar-refractivity contribution in [1.29, 1.82) is 0 Å². The highest BCUT2D eigenvalue weighted by Crippen LogP contribution is 2.16. The van der Waals surface area contributed by atoms with Crippen LogP contribution in [0.4, 0.5) is 14.5 Å². The Hall–Kier alpha value is -2.80. The van der Waals surface area contributed by atoms with Gasteiger partial charge in [0, 0.05) is 24.3 Å². The topological polar surface area (TPSA) is 70.2 Å². The monoisotopic (exact) mass is 347 g/mol. The van der Waals surface area contributed by atoms with Gasteiger partial charge in [0.25, 0.3) is 5.91 Å². The Morgan fingerprint density at radius 2 is 1.84 bits per heavy atom. The molecule has 7 heteroatoms. The lowest BCUT2D eigenvalue weighted by atomic mass is 10.1. The van der Waals surface area contributed by atoms with Crippen molar-refractivity contribution in [2.24, 2.45) is 0 Å². The summed E-state index contributed by atoms with van der Waals surface area (Å²) in [5.41, 5.74) is 1.46. The molecule has 0 aliphatic carbocycles. The van der Waals surface area contributed by atoms with E-state index in [0.29, 0.717) is 16.8 Å². The van der Waals surface area contributed by atoms with Crippen molar-refractivity contribution >= 4 is 17.5 Å². The highest BCUT2D eigenvalue weighted by molar-refractivity contribution is 5.97. The van der Waals surface area contributed by atoms with Crippen LogP contribution < -0.4 is 16.0 Å². The molecule has 2 amide bonds. The van der Waals surface area contributed by atoms with Gasteiger partial charge in [-0.2, -0.15) is 0 Å². The summed E-state index contributed by atoms with van der Waals surface area (Å²) in [5, 5.41) is 8.11. The van der Waals surface area contributed by atoms with E-state index in [1.54, 1.807) is 31.2 Å². The fraction of sp³-hybridized carbons (Fsp3) is 0.222. The zero-order chi connectivity index (χ0) is 18.4. The molecule has 0 aliphatic rings. The maximum absolute atomic E-state index is 13.2. The average Bonchev–Trinajstić information content (AvgIpc) is 2.61. The Labute approximate surface area is 144 Å². The summed E-state index contributed by atoms with van der Waals surface area (Å²) >= 11 is 0. The van der Waals surface area contributed by atoms with Crippen LogP contribution in [0.1, 0.15) is 28.9 Å². The van der Waals surface area contributed by atoms with Crippen LogP contribution in [0.2, 0.25) is 0 Å². The number of amides is 2. The summed E-state index contributed by atoms with van der Waals surface area (Å²) in [7, 11) is 1.52. The fourth-order valence-corrected chi connectivity index (χ4v) is 2.23. The van der Waals surface area contributed by atoms with E-state index >= 15 is 0 Å². The molecule has 0 spiro atoms. The summed E-state index contributed by atoms with van der Waals surface area (Å²) in [5.74, 6) is -2.41. The summed E-state index contributed by atoms with van der Waals surface area (Å²) < 4.78 is 26.2. The summed E-state index contributed by atoms with van der Waals surface area (Å²) in [6.07, 6.45) is 0. The first-order valence-electron chi connectivity index (χ1n) is 7.71. The van der Waals surface area contributed by atoms with Gasteiger partial charge in [0.2, 0.25) is 5.91 Å². The quantitative estimate of drug-likeness (QED) is 0.752. The molecular formula is C18H19F2N3O2. The van der Waals surface area contributed by atoms with E-state index in [2.05, 4.69) is 16.0 Å². The Bertz CT molecular complexity index is 781. The van der Waals surface area contributed by atoms with Gasteiger partial charge in [0.1, 0.15) is 0 Å². The zero-order valence-electron chi connectivity index (χ0n) is 13.9. The number of halogens is 2. The second-order valence-corrected chi connectivity index (χ2v) is 5.48. The van der Waals surface area contributed by atoms with Crippen LogP contribution in [-0.4, -0.2) is 25.4 Å². The van der Waals surface area contributed by atoms with Crippen LogP contribution in [0, 0.1) is 11.6 Å². The van der Waals surface area contributed by atoms with Gasteiger partial charge in [-0.15, -0.1) is 0 Å². The van der Waals surface area contributed by atoms with Gasteiger partial charge < -0.3 is 16.0 Å². The van der Waals surface area contributed by atoms with Gasteiger partial charge in [-0.05, 0) is 42.8 Å². The number of anilines is 1. The molecule has 0 unspecified atom stereocenters. The molecule has 0 aromatic heterocycles. The van der Waals surface area contributed by atoms with Crippen LogP contribution >= 0.6 is 0 Å². The van der Waals surface area contributed by atoms with Crippen LogP contribution in [0.5, 0.6) is 0 Å². The minimum absolute atomic E-state index is 0.0234. The first kappa shape index (κ1) is 18.5. The van der Waals surface area contributed by atoms with E-state index in [4.69, 9.17) is 0 Å². The molecule has 0 saturated carbocycles. The molecule has 2 aromatic carbocycles. The van der Waals surface area contributed by atoms with Crippen molar-refractivity contribution in [2.45, 2.75) is 13.0 Å². The molecule has 0 bridgehead atoms. The molecule has 25 heavy (non-hydrogen) atoms. The maximum Gasteiger partial charge on any atom is 0.251 e. The molecule has 3 N–H and O–H groups in total. The molecule has 0 aliphatic heterocycles. The molecule has 0 fully saturated rings. The van der Waals surface area contributed by atoms with Gasteiger partial charge >= 0.3 is 0 Å². The Balaban J connectivity index is 1.92. The fourth-order valence-electron chi connectivity index (χ4n) is 2.23. The highest BCUT2D eigenvalue weighted by Gasteiger charge is 2.11. The third-order valence-corrected chi connectivity index (χ3v) is 3.65. The second kappa shape index (κ2) is 8.34. The largest absolute Gasteiger partial charge is 0.355 e. The number of hydrogen-bond donors (Lipinski definition) is 3. The van der Waals surface area contributed by atoms with Crippen molar-refractivity contribution in [1.82, 2.24) is 10.6 Å². The number of rotatable bonds is 6. The molecular weight excluding hydrogens is 328 g/mol. The van der Waals surface area contributed by atoms with Crippen molar-refractivity contribution in [3.63, 3.8) is 0 Å². The Morgan fingerprint density at radius 3 is 2.52 bits per heavy atom. The van der Waals surface area contributed by atoms with Crippen LogP contribution in [0.15, 0.2) is 42.5 Å². The molecule has 0 radical (unpaired) electrons. The van der Waals surface area contributed by atoms with Gasteiger partial charge in [-0.25, -0.2) is 8.78 Å². The van der Waals surface area contributed by atoms with E-state index < -0.39 is 11.6 Å². The number of carbonyl (C=O) groups is 2. The summed E-state index contributed by atoms with van der Waals surface area (Å²) in [6.45, 7) is 1.72. The van der Waals surface area contributed by atoms with E-state index in [-0.39, 0.29) is 24.4 Å². The van der Waals surface area contributed by atoms with Crippen LogP contribution in [-0.2, 0) is 4.79 Å². The first-order valence-corrected chi connectivity index (χ1v) is 7.71. The second-order valence-electron chi connectivity index (χ2n) is 5.48. The average molecular weight is 347 g/mol. The van der Waals surface area contributed by atoms with Gasteiger partial charge in [-0.3, -0.25) is 9.59 Å². The lowest BCUT2D eigenvalue weighted by Crippen LogP contribution is -2.30. The summed E-state index contributed by atoms with van der Waals surface area (Å²) in [4.78, 5) is 23.6. The zero-order valence-corrected chi connectivity index (χ0v) is 13.9. The minimum Gasteiger partial charge on any atom is -0.355 e. The third-order valence-electron chi connectivity index (χ3n) is 3.65. The Kier molecular flexibility index (Phi) is 6.19. The van der Waals surface area contributed by atoms with Gasteiger partial charge in [-0.1, -0.05) is 12.1 Å². The van der Waals surface area contributed by atoms with E-state index in [1.807, 2.05) is 0 Å². The number of benzene rings is 2. The summed E-state index contributed by atoms with van der Waals surface area (Å²) in [6, 6.07) is 9.80. The standard InChI is InChI=1S/C18H19F2N3O2/c1-11(12-6-7-15(19)16(20)9-12)22-10-17(24)23-14-5-3-4-13(8-14)18(25)21-2/h3-9,11,22H,10H2,1-2H3,(H,21,25)(H,23,24)/t11-/m1/s1. The Morgan fingerprint density at radius 1 is 1.08 bits per heavy atom. The number of carbonyl (C=O) groups excluding carboxylic acids is 2. The lowest BCUT2D eigenvalue weighted by Gasteiger charge is -2.14. The molecule has 132 valence electrons. The molecule has 2 rings (SSSR count). The van der Waals surface area contributed by atoms with Gasteiger partial charge in [0.15, 0.2) is 11.6 Å². The van der Waals surface area contributed by atoms with Crippen molar-refractivity contribution in [3.8, 4) is 0 Å². The SMILES string of the molecule is CNC(=O)c1cccc(NC(=O)CN[C@H](C)c2ccc(F)c(F)c2)c1. The number of nitrogens with one attached hydrogen (secondary N) is 3. The molecule has 0 heterocycles. The van der Waals surface area contributed by atoms with Gasteiger partial charge in [0.05, 0.1) is 6.54 Å². The van der Waals surface area contributed by atoms with Crippen LogP contribution in [0.3, 0.4) is 0 Å². The van der Waals surface area contributed by atoms with E-state index in [9.17, 15) is 18.4 Å². The molecule has 1 atom stereocenters. The van der Waals surface area contributed by atoms with Crippen LogP contribution in [0.25, 0.3) is 0 Å². The molecule has 0 saturated heterocycles. The van der Waals surface area contributed by atoms with E-state index in [0.717, 1.165) is 12.1 Å². The minimum atomic E-state index is -0.929.